The third-order valence-corrected chi connectivity index (χ3v) is 5.36. The van der Waals surface area contributed by atoms with Crippen molar-refractivity contribution >= 4 is 11.3 Å². The average Bonchev–Trinajstić information content (AvgIpc) is 2.94. The Morgan fingerprint density at radius 1 is 1.32 bits per heavy atom. The van der Waals surface area contributed by atoms with Gasteiger partial charge in [-0.2, -0.15) is 0 Å². The highest BCUT2D eigenvalue weighted by atomic mass is 32.1. The summed E-state index contributed by atoms with van der Waals surface area (Å²) in [6, 6.07) is 8.73. The van der Waals surface area contributed by atoms with Crippen molar-refractivity contribution in [1.82, 2.24) is 14.8 Å². The second-order valence-corrected chi connectivity index (χ2v) is 6.77. The first-order valence-corrected chi connectivity index (χ1v) is 8.51. The van der Waals surface area contributed by atoms with E-state index < -0.39 is 0 Å². The molecule has 4 nitrogen and oxygen atoms in total. The van der Waals surface area contributed by atoms with Crippen molar-refractivity contribution in [2.24, 2.45) is 0 Å². The van der Waals surface area contributed by atoms with Gasteiger partial charge in [0.05, 0.1) is 24.4 Å². The minimum absolute atomic E-state index is 0.373. The standard InChI is InChI=1S/C17H23N3OS/c1-13-17(22-12-18-13)11-20-9-8-19(2)15(10-20)14-6-4-5-7-16(14)21-3/h4-7,12,15H,8-11H2,1-3H3. The lowest BCUT2D eigenvalue weighted by Crippen LogP contribution is -2.46. The fourth-order valence-corrected chi connectivity index (χ4v) is 3.85. The van der Waals surface area contributed by atoms with Gasteiger partial charge in [0.1, 0.15) is 5.75 Å². The van der Waals surface area contributed by atoms with Gasteiger partial charge in [0.25, 0.3) is 0 Å². The van der Waals surface area contributed by atoms with Gasteiger partial charge < -0.3 is 4.74 Å². The first-order valence-electron chi connectivity index (χ1n) is 7.63. The minimum Gasteiger partial charge on any atom is -0.496 e. The maximum atomic E-state index is 5.55. The van der Waals surface area contributed by atoms with Gasteiger partial charge >= 0.3 is 0 Å². The van der Waals surface area contributed by atoms with E-state index in [1.807, 2.05) is 11.6 Å². The van der Waals surface area contributed by atoms with E-state index in [-0.39, 0.29) is 0 Å². The summed E-state index contributed by atoms with van der Waals surface area (Å²) in [6.45, 7) is 6.28. The summed E-state index contributed by atoms with van der Waals surface area (Å²) in [5.41, 5.74) is 4.38. The summed E-state index contributed by atoms with van der Waals surface area (Å²) in [7, 11) is 3.95. The van der Waals surface area contributed by atoms with Gasteiger partial charge in [0.2, 0.25) is 0 Å². The molecule has 0 amide bonds. The summed E-state index contributed by atoms with van der Waals surface area (Å²) in [5, 5.41) is 0. The molecule has 2 aromatic rings. The molecule has 0 N–H and O–H groups in total. The first kappa shape index (κ1) is 15.5. The maximum absolute atomic E-state index is 5.55. The van der Waals surface area contributed by atoms with Crippen molar-refractivity contribution in [2.45, 2.75) is 19.5 Å². The third-order valence-electron chi connectivity index (χ3n) is 4.44. The van der Waals surface area contributed by atoms with Gasteiger partial charge in [-0.15, -0.1) is 11.3 Å². The quantitative estimate of drug-likeness (QED) is 0.867. The highest BCUT2D eigenvalue weighted by Crippen LogP contribution is 2.31. The monoisotopic (exact) mass is 317 g/mol. The Labute approximate surface area is 136 Å². The van der Waals surface area contributed by atoms with E-state index in [1.54, 1.807) is 18.4 Å². The fraction of sp³-hybridized carbons (Fsp3) is 0.471. The fourth-order valence-electron chi connectivity index (χ4n) is 3.03. The largest absolute Gasteiger partial charge is 0.496 e. The molecule has 1 atom stereocenters. The lowest BCUT2D eigenvalue weighted by molar-refractivity contribution is 0.0895. The van der Waals surface area contributed by atoms with Gasteiger partial charge in [0, 0.05) is 36.6 Å². The van der Waals surface area contributed by atoms with Crippen LogP contribution in [0.2, 0.25) is 0 Å². The number of thiazole rings is 1. The average molecular weight is 317 g/mol. The van der Waals surface area contributed by atoms with Crippen LogP contribution in [-0.2, 0) is 6.54 Å². The predicted molar refractivity (Wildman–Crippen MR) is 90.5 cm³/mol. The molecule has 2 heterocycles. The number of ether oxygens (including phenoxy) is 1. The van der Waals surface area contributed by atoms with Crippen LogP contribution in [-0.4, -0.2) is 48.6 Å². The summed E-state index contributed by atoms with van der Waals surface area (Å²) < 4.78 is 5.55. The number of methoxy groups -OCH3 is 1. The van der Waals surface area contributed by atoms with E-state index in [0.717, 1.165) is 37.6 Å². The van der Waals surface area contributed by atoms with Crippen molar-refractivity contribution in [3.63, 3.8) is 0 Å². The highest BCUT2D eigenvalue weighted by Gasteiger charge is 2.28. The van der Waals surface area contributed by atoms with Crippen molar-refractivity contribution in [3.05, 3.63) is 45.9 Å². The number of hydrogen-bond acceptors (Lipinski definition) is 5. The SMILES string of the molecule is COc1ccccc1C1CN(Cc2scnc2C)CCN1C. The molecule has 1 aliphatic heterocycles. The summed E-state index contributed by atoms with van der Waals surface area (Å²) in [6.07, 6.45) is 0. The van der Waals surface area contributed by atoms with Crippen LogP contribution in [0.25, 0.3) is 0 Å². The van der Waals surface area contributed by atoms with Crippen LogP contribution in [0, 0.1) is 6.92 Å². The molecule has 0 aliphatic carbocycles. The lowest BCUT2D eigenvalue weighted by Gasteiger charge is -2.40. The van der Waals surface area contributed by atoms with Crippen LogP contribution >= 0.6 is 11.3 Å². The van der Waals surface area contributed by atoms with Gasteiger partial charge in [-0.25, -0.2) is 4.98 Å². The molecule has 3 rings (SSSR count). The summed E-state index contributed by atoms with van der Waals surface area (Å²) in [5.74, 6) is 0.982. The van der Waals surface area contributed by atoms with E-state index in [0.29, 0.717) is 6.04 Å². The van der Waals surface area contributed by atoms with Crippen LogP contribution in [0.3, 0.4) is 0 Å². The Balaban J connectivity index is 1.77. The minimum atomic E-state index is 0.373. The molecule has 1 aliphatic rings. The number of likely N-dealkylation sites (N-methyl/N-ethyl adjacent to an activating group) is 1. The normalized spacial score (nSPS) is 20.2. The molecule has 0 saturated carbocycles. The molecule has 1 fully saturated rings. The van der Waals surface area contributed by atoms with Crippen molar-refractivity contribution in [1.29, 1.82) is 0 Å². The molecule has 0 spiro atoms. The van der Waals surface area contributed by atoms with Gasteiger partial charge in [-0.3, -0.25) is 9.80 Å². The van der Waals surface area contributed by atoms with Crippen molar-refractivity contribution in [2.75, 3.05) is 33.8 Å². The van der Waals surface area contributed by atoms with Crippen molar-refractivity contribution < 1.29 is 4.74 Å². The van der Waals surface area contributed by atoms with Crippen LogP contribution < -0.4 is 4.74 Å². The summed E-state index contributed by atoms with van der Waals surface area (Å²) >= 11 is 1.76. The molecular formula is C17H23N3OS. The smallest absolute Gasteiger partial charge is 0.123 e. The van der Waals surface area contributed by atoms with Gasteiger partial charge in [-0.1, -0.05) is 18.2 Å². The van der Waals surface area contributed by atoms with E-state index >= 15 is 0 Å². The number of aryl methyl sites for hydroxylation is 1. The molecule has 5 heteroatoms. The second-order valence-electron chi connectivity index (χ2n) is 5.83. The van der Waals surface area contributed by atoms with E-state index in [4.69, 9.17) is 4.74 Å². The molecule has 0 bridgehead atoms. The van der Waals surface area contributed by atoms with E-state index in [9.17, 15) is 0 Å². The number of aromatic nitrogens is 1. The molecule has 118 valence electrons. The number of piperazine rings is 1. The Bertz CT molecular complexity index is 628. The predicted octanol–water partition coefficient (Wildman–Crippen LogP) is 2.95. The number of para-hydroxylation sites is 1. The summed E-state index contributed by atoms with van der Waals surface area (Å²) in [4.78, 5) is 10.7. The van der Waals surface area contributed by atoms with Crippen LogP contribution in [0.1, 0.15) is 22.2 Å². The molecule has 1 aromatic heterocycles. The lowest BCUT2D eigenvalue weighted by atomic mass is 10.0. The topological polar surface area (TPSA) is 28.6 Å². The first-order chi connectivity index (χ1) is 10.7. The number of benzene rings is 1. The Morgan fingerprint density at radius 3 is 2.86 bits per heavy atom. The molecular weight excluding hydrogens is 294 g/mol. The van der Waals surface area contributed by atoms with Crippen LogP contribution in [0.5, 0.6) is 5.75 Å². The van der Waals surface area contributed by atoms with Crippen LogP contribution in [0.4, 0.5) is 0 Å². The molecule has 22 heavy (non-hydrogen) atoms. The molecule has 1 unspecified atom stereocenters. The zero-order valence-corrected chi connectivity index (χ0v) is 14.3. The molecule has 0 radical (unpaired) electrons. The maximum Gasteiger partial charge on any atom is 0.123 e. The van der Waals surface area contributed by atoms with Gasteiger partial charge in [0.15, 0.2) is 0 Å². The molecule has 1 saturated heterocycles. The highest BCUT2D eigenvalue weighted by molar-refractivity contribution is 7.09. The second kappa shape index (κ2) is 6.77. The van der Waals surface area contributed by atoms with Crippen LogP contribution in [0.15, 0.2) is 29.8 Å². The number of rotatable bonds is 4. The Kier molecular flexibility index (Phi) is 4.76. The van der Waals surface area contributed by atoms with Gasteiger partial charge in [-0.05, 0) is 20.0 Å². The third kappa shape index (κ3) is 3.16. The zero-order chi connectivity index (χ0) is 15.5. The Hall–Kier alpha value is -1.43. The van der Waals surface area contributed by atoms with Crippen molar-refractivity contribution in [3.8, 4) is 5.75 Å². The number of hydrogen-bond donors (Lipinski definition) is 0. The zero-order valence-electron chi connectivity index (χ0n) is 13.5. The number of nitrogens with zero attached hydrogens (tertiary/aromatic N) is 3. The van der Waals surface area contributed by atoms with E-state index in [1.165, 1.54) is 10.4 Å². The van der Waals surface area contributed by atoms with E-state index in [2.05, 4.69) is 47.0 Å². The molecule has 1 aromatic carbocycles. The Morgan fingerprint density at radius 2 is 2.14 bits per heavy atom.